The van der Waals surface area contributed by atoms with Crippen molar-refractivity contribution in [2.24, 2.45) is 11.3 Å². The average Bonchev–Trinajstić information content (AvgIpc) is 2.36. The lowest BCUT2D eigenvalue weighted by molar-refractivity contribution is -0.139. The van der Waals surface area contributed by atoms with E-state index in [1.165, 1.54) is 0 Å². The summed E-state index contributed by atoms with van der Waals surface area (Å²) in [6, 6.07) is -0.0805. The highest BCUT2D eigenvalue weighted by Crippen LogP contribution is 2.40. The smallest absolute Gasteiger partial charge is 0.321 e. The molecular weight excluding hydrogens is 290 g/mol. The zero-order valence-electron chi connectivity index (χ0n) is 13.8. The van der Waals surface area contributed by atoms with Gasteiger partial charge in [0.15, 0.2) is 9.84 Å². The normalized spacial score (nSPS) is 27.4. The summed E-state index contributed by atoms with van der Waals surface area (Å²) in [6.45, 7) is 8.32. The second-order valence-corrected chi connectivity index (χ2v) is 9.14. The van der Waals surface area contributed by atoms with Gasteiger partial charge in [-0.15, -0.1) is 0 Å². The highest BCUT2D eigenvalue weighted by atomic mass is 32.2. The Hall–Kier alpha value is -0.620. The maximum absolute atomic E-state index is 12.6. The van der Waals surface area contributed by atoms with E-state index >= 15 is 0 Å². The van der Waals surface area contributed by atoms with Crippen molar-refractivity contribution in [3.8, 4) is 0 Å². The second kappa shape index (κ2) is 7.09. The molecule has 6 heteroatoms. The van der Waals surface area contributed by atoms with Crippen LogP contribution in [0.5, 0.6) is 0 Å². The molecule has 0 spiro atoms. The van der Waals surface area contributed by atoms with Gasteiger partial charge in [-0.3, -0.25) is 4.79 Å². The summed E-state index contributed by atoms with van der Waals surface area (Å²) in [5, 5.41) is 2.60. The number of hydrogen-bond donors (Lipinski definition) is 1. The first-order chi connectivity index (χ1) is 9.61. The lowest BCUT2D eigenvalue weighted by Gasteiger charge is -2.41. The fourth-order valence-electron chi connectivity index (χ4n) is 3.12. The molecule has 0 amide bonds. The summed E-state index contributed by atoms with van der Waals surface area (Å²) in [5.41, 5.74) is 0.0798. The Kier molecular flexibility index (Phi) is 6.23. The van der Waals surface area contributed by atoms with E-state index in [2.05, 4.69) is 26.1 Å². The first-order valence-electron chi connectivity index (χ1n) is 7.66. The van der Waals surface area contributed by atoms with Crippen molar-refractivity contribution in [2.75, 3.05) is 19.4 Å². The molecule has 5 nitrogen and oxygen atoms in total. The third-order valence-corrected chi connectivity index (χ3v) is 6.55. The van der Waals surface area contributed by atoms with Gasteiger partial charge in [0.2, 0.25) is 0 Å². The summed E-state index contributed by atoms with van der Waals surface area (Å²) in [7, 11) is -1.71. The van der Waals surface area contributed by atoms with Gasteiger partial charge in [-0.25, -0.2) is 8.42 Å². The third-order valence-electron chi connectivity index (χ3n) is 4.47. The van der Waals surface area contributed by atoms with E-state index in [1.54, 1.807) is 14.0 Å². The molecular formula is C15H29NO4S. The summed E-state index contributed by atoms with van der Waals surface area (Å²) < 4.78 is 29.9. The Morgan fingerprint density at radius 3 is 2.38 bits per heavy atom. The van der Waals surface area contributed by atoms with E-state index in [9.17, 15) is 13.2 Å². The molecule has 0 aromatic carbocycles. The standard InChI is InChI=1S/C15H29NO4S/c1-6-20-14(17)10-21(18,19)13-9-11(15(2,3)4)7-8-12(13)16-5/h11-13,16H,6-10H2,1-5H3. The van der Waals surface area contributed by atoms with Crippen molar-refractivity contribution < 1.29 is 17.9 Å². The number of esters is 1. The molecule has 0 aliphatic heterocycles. The Morgan fingerprint density at radius 1 is 1.29 bits per heavy atom. The minimum atomic E-state index is -3.50. The number of carbonyl (C=O) groups excluding carboxylic acids is 1. The zero-order valence-corrected chi connectivity index (χ0v) is 14.6. The summed E-state index contributed by atoms with van der Waals surface area (Å²) in [5.74, 6) is -0.810. The van der Waals surface area contributed by atoms with Gasteiger partial charge in [-0.05, 0) is 44.6 Å². The second-order valence-electron chi connectivity index (χ2n) is 6.92. The predicted octanol–water partition coefficient (Wildman–Crippen LogP) is 1.77. The molecule has 21 heavy (non-hydrogen) atoms. The number of nitrogens with one attached hydrogen (secondary N) is 1. The van der Waals surface area contributed by atoms with Crippen LogP contribution in [0.25, 0.3) is 0 Å². The minimum absolute atomic E-state index is 0.0798. The van der Waals surface area contributed by atoms with Crippen LogP contribution in [0.2, 0.25) is 0 Å². The Labute approximate surface area is 128 Å². The Balaban J connectivity index is 2.90. The molecule has 0 saturated heterocycles. The summed E-state index contributed by atoms with van der Waals surface area (Å²) in [6.07, 6.45) is 2.45. The lowest BCUT2D eigenvalue weighted by Crippen LogP contribution is -2.50. The maximum Gasteiger partial charge on any atom is 0.321 e. The van der Waals surface area contributed by atoms with Crippen LogP contribution in [0.1, 0.15) is 47.0 Å². The summed E-state index contributed by atoms with van der Waals surface area (Å²) in [4.78, 5) is 11.6. The zero-order chi connectivity index (χ0) is 16.3. The quantitative estimate of drug-likeness (QED) is 0.782. The van der Waals surface area contributed by atoms with Crippen LogP contribution in [0.3, 0.4) is 0 Å². The largest absolute Gasteiger partial charge is 0.465 e. The van der Waals surface area contributed by atoms with Crippen molar-refractivity contribution in [1.82, 2.24) is 5.32 Å². The van der Waals surface area contributed by atoms with Gasteiger partial charge < -0.3 is 10.1 Å². The van der Waals surface area contributed by atoms with Crippen LogP contribution in [0, 0.1) is 11.3 Å². The van der Waals surface area contributed by atoms with E-state index < -0.39 is 26.8 Å². The molecule has 1 aliphatic rings. The molecule has 1 rings (SSSR count). The van der Waals surface area contributed by atoms with Crippen molar-refractivity contribution in [3.63, 3.8) is 0 Å². The van der Waals surface area contributed by atoms with Gasteiger partial charge >= 0.3 is 5.97 Å². The van der Waals surface area contributed by atoms with Crippen LogP contribution < -0.4 is 5.32 Å². The Morgan fingerprint density at radius 2 is 1.90 bits per heavy atom. The monoisotopic (exact) mass is 319 g/mol. The molecule has 124 valence electrons. The molecule has 1 N–H and O–H groups in total. The molecule has 0 radical (unpaired) electrons. The predicted molar refractivity (Wildman–Crippen MR) is 83.9 cm³/mol. The summed E-state index contributed by atoms with van der Waals surface area (Å²) >= 11 is 0. The molecule has 0 heterocycles. The van der Waals surface area contributed by atoms with E-state index in [4.69, 9.17) is 4.74 Å². The fraction of sp³-hybridized carbons (Fsp3) is 0.933. The first kappa shape index (κ1) is 18.4. The van der Waals surface area contributed by atoms with E-state index in [0.717, 1.165) is 12.8 Å². The highest BCUT2D eigenvalue weighted by Gasteiger charge is 2.42. The van der Waals surface area contributed by atoms with Crippen molar-refractivity contribution in [1.29, 1.82) is 0 Å². The SMILES string of the molecule is CCOC(=O)CS(=O)(=O)C1CC(C(C)(C)C)CCC1NC. The molecule has 1 saturated carbocycles. The van der Waals surface area contributed by atoms with Crippen LogP contribution in [-0.2, 0) is 19.4 Å². The molecule has 1 aliphatic carbocycles. The van der Waals surface area contributed by atoms with Crippen LogP contribution in [0.15, 0.2) is 0 Å². The maximum atomic E-state index is 12.6. The first-order valence-corrected chi connectivity index (χ1v) is 9.37. The topological polar surface area (TPSA) is 72.5 Å². The van der Waals surface area contributed by atoms with Gasteiger partial charge in [0.1, 0.15) is 5.75 Å². The number of carbonyl (C=O) groups is 1. The van der Waals surface area contributed by atoms with E-state index in [-0.39, 0.29) is 18.1 Å². The van der Waals surface area contributed by atoms with E-state index in [0.29, 0.717) is 12.3 Å². The van der Waals surface area contributed by atoms with Gasteiger partial charge in [0.05, 0.1) is 11.9 Å². The van der Waals surface area contributed by atoms with Crippen LogP contribution in [0.4, 0.5) is 0 Å². The van der Waals surface area contributed by atoms with Crippen molar-refractivity contribution in [2.45, 2.75) is 58.2 Å². The van der Waals surface area contributed by atoms with Gasteiger partial charge in [-0.1, -0.05) is 20.8 Å². The molecule has 1 fully saturated rings. The number of sulfone groups is 1. The fourth-order valence-corrected chi connectivity index (χ4v) is 5.04. The highest BCUT2D eigenvalue weighted by molar-refractivity contribution is 7.92. The van der Waals surface area contributed by atoms with Crippen LogP contribution in [-0.4, -0.2) is 45.1 Å². The molecule has 0 aromatic rings. The van der Waals surface area contributed by atoms with Gasteiger partial charge in [0, 0.05) is 6.04 Å². The van der Waals surface area contributed by atoms with Crippen molar-refractivity contribution >= 4 is 15.8 Å². The average molecular weight is 319 g/mol. The van der Waals surface area contributed by atoms with Gasteiger partial charge in [0.25, 0.3) is 0 Å². The number of rotatable bonds is 5. The molecule has 3 atom stereocenters. The van der Waals surface area contributed by atoms with Crippen LogP contribution >= 0.6 is 0 Å². The number of ether oxygens (including phenoxy) is 1. The van der Waals surface area contributed by atoms with E-state index in [1.807, 2.05) is 0 Å². The van der Waals surface area contributed by atoms with Gasteiger partial charge in [-0.2, -0.15) is 0 Å². The third kappa shape index (κ3) is 4.95. The lowest BCUT2D eigenvalue weighted by atomic mass is 9.71. The number of hydrogen-bond acceptors (Lipinski definition) is 5. The Bertz CT molecular complexity index is 453. The molecule has 0 aromatic heterocycles. The van der Waals surface area contributed by atoms with Crippen molar-refractivity contribution in [3.05, 3.63) is 0 Å². The minimum Gasteiger partial charge on any atom is -0.465 e. The molecule has 3 unspecified atom stereocenters. The molecule has 0 bridgehead atoms.